The Morgan fingerprint density at radius 3 is 2.63 bits per heavy atom. The van der Waals surface area contributed by atoms with Crippen molar-refractivity contribution in [3.63, 3.8) is 0 Å². The van der Waals surface area contributed by atoms with Gasteiger partial charge in [-0.1, -0.05) is 30.3 Å². The fourth-order valence-corrected chi connectivity index (χ4v) is 2.73. The van der Waals surface area contributed by atoms with E-state index in [1.807, 2.05) is 66.7 Å². The molecule has 0 radical (unpaired) electrons. The molecule has 0 aliphatic carbocycles. The van der Waals surface area contributed by atoms with E-state index in [4.69, 9.17) is 18.9 Å². The molecule has 27 heavy (non-hydrogen) atoms. The molecule has 0 saturated carbocycles. The molecule has 5 heteroatoms. The lowest BCUT2D eigenvalue weighted by Crippen LogP contribution is -1.98. The Morgan fingerprint density at radius 2 is 1.78 bits per heavy atom. The van der Waals surface area contributed by atoms with Crippen molar-refractivity contribution in [3.05, 3.63) is 77.9 Å². The fraction of sp³-hybridized carbons (Fsp3) is 0.136. The number of ether oxygens (including phenoxy) is 4. The second-order valence-corrected chi connectivity index (χ2v) is 5.98. The van der Waals surface area contributed by atoms with Crippen LogP contribution >= 0.6 is 0 Å². The van der Waals surface area contributed by atoms with Gasteiger partial charge in [-0.15, -0.1) is 0 Å². The van der Waals surface area contributed by atoms with Crippen molar-refractivity contribution in [2.24, 2.45) is 4.99 Å². The van der Waals surface area contributed by atoms with Crippen molar-refractivity contribution in [1.29, 1.82) is 0 Å². The minimum atomic E-state index is 0.254. The summed E-state index contributed by atoms with van der Waals surface area (Å²) in [4.78, 5) is 4.50. The highest BCUT2D eigenvalue weighted by atomic mass is 16.7. The van der Waals surface area contributed by atoms with Gasteiger partial charge in [-0.3, -0.25) is 4.99 Å². The van der Waals surface area contributed by atoms with Crippen molar-refractivity contribution >= 4 is 11.9 Å². The molecule has 0 N–H and O–H groups in total. The van der Waals surface area contributed by atoms with Crippen LogP contribution in [0, 0.1) is 0 Å². The Kier molecular flexibility index (Phi) is 4.92. The van der Waals surface area contributed by atoms with Crippen molar-refractivity contribution in [2.45, 2.75) is 6.61 Å². The summed E-state index contributed by atoms with van der Waals surface area (Å²) in [5.41, 5.74) is 2.81. The Hall–Kier alpha value is -3.47. The molecule has 0 saturated heterocycles. The number of rotatable bonds is 6. The van der Waals surface area contributed by atoms with E-state index < -0.39 is 0 Å². The number of hydrogen-bond donors (Lipinski definition) is 0. The summed E-state index contributed by atoms with van der Waals surface area (Å²) in [5, 5.41) is 0. The molecule has 0 bridgehead atoms. The predicted molar refractivity (Wildman–Crippen MR) is 104 cm³/mol. The topological polar surface area (TPSA) is 49.3 Å². The second kappa shape index (κ2) is 7.83. The molecule has 0 spiro atoms. The number of nitrogens with zero attached hydrogens (tertiary/aromatic N) is 1. The highest BCUT2D eigenvalue weighted by Crippen LogP contribution is 2.35. The maximum atomic E-state index is 5.88. The average molecular weight is 361 g/mol. The van der Waals surface area contributed by atoms with Crippen LogP contribution in [0.1, 0.15) is 11.1 Å². The van der Waals surface area contributed by atoms with Gasteiger partial charge in [-0.25, -0.2) is 0 Å². The summed E-state index contributed by atoms with van der Waals surface area (Å²) >= 11 is 0. The Labute approximate surface area is 157 Å². The average Bonchev–Trinajstić information content (AvgIpc) is 3.19. The molecule has 5 nitrogen and oxygen atoms in total. The molecule has 0 unspecified atom stereocenters. The van der Waals surface area contributed by atoms with Crippen LogP contribution in [0.3, 0.4) is 0 Å². The maximum absolute atomic E-state index is 5.88. The molecule has 0 amide bonds. The van der Waals surface area contributed by atoms with E-state index >= 15 is 0 Å². The van der Waals surface area contributed by atoms with E-state index in [2.05, 4.69) is 4.99 Å². The third kappa shape index (κ3) is 4.03. The quantitative estimate of drug-likeness (QED) is 0.594. The van der Waals surface area contributed by atoms with Gasteiger partial charge in [-0.05, 0) is 41.5 Å². The number of aliphatic imine (C=N–C) groups is 1. The number of methoxy groups -OCH3 is 1. The van der Waals surface area contributed by atoms with E-state index in [1.54, 1.807) is 13.3 Å². The number of benzene rings is 3. The van der Waals surface area contributed by atoms with Crippen molar-refractivity contribution in [1.82, 2.24) is 0 Å². The largest absolute Gasteiger partial charge is 0.493 e. The molecular weight excluding hydrogens is 342 g/mol. The number of fused-ring (bicyclic) bond motifs is 1. The Morgan fingerprint density at radius 1 is 0.926 bits per heavy atom. The summed E-state index contributed by atoms with van der Waals surface area (Å²) in [6.45, 7) is 0.742. The van der Waals surface area contributed by atoms with Crippen LogP contribution in [-0.4, -0.2) is 20.1 Å². The monoisotopic (exact) mass is 361 g/mol. The van der Waals surface area contributed by atoms with Crippen LogP contribution in [0.4, 0.5) is 5.69 Å². The normalized spacial score (nSPS) is 12.3. The summed E-state index contributed by atoms with van der Waals surface area (Å²) in [7, 11) is 1.63. The summed E-state index contributed by atoms with van der Waals surface area (Å²) < 4.78 is 22.0. The van der Waals surface area contributed by atoms with Crippen LogP contribution in [-0.2, 0) is 6.61 Å². The first-order chi connectivity index (χ1) is 13.3. The highest BCUT2D eigenvalue weighted by molar-refractivity contribution is 5.83. The third-order valence-electron chi connectivity index (χ3n) is 4.14. The van der Waals surface area contributed by atoms with E-state index in [0.29, 0.717) is 23.9 Å². The lowest BCUT2D eigenvalue weighted by Gasteiger charge is -2.11. The number of hydrogen-bond acceptors (Lipinski definition) is 5. The third-order valence-corrected chi connectivity index (χ3v) is 4.14. The summed E-state index contributed by atoms with van der Waals surface area (Å²) in [6, 6.07) is 21.4. The van der Waals surface area contributed by atoms with Gasteiger partial charge in [-0.2, -0.15) is 0 Å². The van der Waals surface area contributed by atoms with Crippen LogP contribution < -0.4 is 18.9 Å². The Bertz CT molecular complexity index is 954. The lowest BCUT2D eigenvalue weighted by atomic mass is 10.2. The first-order valence-corrected chi connectivity index (χ1v) is 8.60. The van der Waals surface area contributed by atoms with Crippen LogP contribution in [0.5, 0.6) is 23.0 Å². The first kappa shape index (κ1) is 17.0. The van der Waals surface area contributed by atoms with Gasteiger partial charge < -0.3 is 18.9 Å². The molecule has 3 aromatic carbocycles. The van der Waals surface area contributed by atoms with E-state index in [-0.39, 0.29) is 6.79 Å². The van der Waals surface area contributed by atoms with Gasteiger partial charge in [0.1, 0.15) is 6.61 Å². The highest BCUT2D eigenvalue weighted by Gasteiger charge is 2.12. The van der Waals surface area contributed by atoms with Crippen LogP contribution in [0.2, 0.25) is 0 Å². The molecule has 1 heterocycles. The summed E-state index contributed by atoms with van der Waals surface area (Å²) in [5.74, 6) is 2.82. The van der Waals surface area contributed by atoms with Gasteiger partial charge in [0.2, 0.25) is 6.79 Å². The van der Waals surface area contributed by atoms with E-state index in [0.717, 1.165) is 22.6 Å². The minimum Gasteiger partial charge on any atom is -0.493 e. The summed E-state index contributed by atoms with van der Waals surface area (Å²) in [6.07, 6.45) is 1.78. The van der Waals surface area contributed by atoms with Crippen molar-refractivity contribution < 1.29 is 18.9 Å². The molecule has 3 aromatic rings. The zero-order valence-electron chi connectivity index (χ0n) is 14.9. The smallest absolute Gasteiger partial charge is 0.231 e. The molecule has 136 valence electrons. The van der Waals surface area contributed by atoms with E-state index in [9.17, 15) is 0 Å². The molecule has 1 aliphatic heterocycles. The SMILES string of the molecule is COc1cc(C=Nc2ccc3c(c2)OCO3)ccc1OCc1ccccc1. The molecule has 1 aliphatic rings. The maximum Gasteiger partial charge on any atom is 0.231 e. The van der Waals surface area contributed by atoms with Crippen LogP contribution in [0.25, 0.3) is 0 Å². The van der Waals surface area contributed by atoms with Gasteiger partial charge in [0, 0.05) is 12.3 Å². The first-order valence-electron chi connectivity index (χ1n) is 8.60. The molecule has 0 atom stereocenters. The van der Waals surface area contributed by atoms with Gasteiger partial charge >= 0.3 is 0 Å². The molecule has 0 fully saturated rings. The molecular formula is C22H19NO4. The van der Waals surface area contributed by atoms with Gasteiger partial charge in [0.25, 0.3) is 0 Å². The zero-order chi connectivity index (χ0) is 18.5. The Balaban J connectivity index is 1.47. The second-order valence-electron chi connectivity index (χ2n) is 5.98. The standard InChI is InChI=1S/C22H19NO4/c1-24-21-11-17(7-9-19(21)25-14-16-5-3-2-4-6-16)13-23-18-8-10-20-22(12-18)27-15-26-20/h2-13H,14-15H2,1H3. The van der Waals surface area contributed by atoms with Crippen molar-refractivity contribution in [2.75, 3.05) is 13.9 Å². The molecule has 0 aromatic heterocycles. The van der Waals surface area contributed by atoms with Crippen LogP contribution in [0.15, 0.2) is 71.7 Å². The van der Waals surface area contributed by atoms with Gasteiger partial charge in [0.05, 0.1) is 12.8 Å². The zero-order valence-corrected chi connectivity index (χ0v) is 14.9. The minimum absolute atomic E-state index is 0.254. The predicted octanol–water partition coefficient (Wildman–Crippen LogP) is 4.75. The fourth-order valence-electron chi connectivity index (χ4n) is 2.73. The van der Waals surface area contributed by atoms with E-state index in [1.165, 1.54) is 0 Å². The van der Waals surface area contributed by atoms with Crippen molar-refractivity contribution in [3.8, 4) is 23.0 Å². The lowest BCUT2D eigenvalue weighted by molar-refractivity contribution is 0.174. The van der Waals surface area contributed by atoms with Gasteiger partial charge in [0.15, 0.2) is 23.0 Å². The molecule has 4 rings (SSSR count).